The van der Waals surface area contributed by atoms with Crippen LogP contribution in [-0.4, -0.2) is 47.8 Å². The smallest absolute Gasteiger partial charge is 0.231 e. The molecule has 5 aromatic heterocycles. The Hall–Kier alpha value is -5.32. The maximum Gasteiger partial charge on any atom is 0.231 e. The van der Waals surface area contributed by atoms with E-state index in [2.05, 4.69) is 30.5 Å². The van der Waals surface area contributed by atoms with E-state index in [1.54, 1.807) is 24.8 Å². The summed E-state index contributed by atoms with van der Waals surface area (Å²) in [5, 5.41) is 10.5. The van der Waals surface area contributed by atoms with Gasteiger partial charge in [-0.05, 0) is 48.7 Å². The first-order valence-electron chi connectivity index (χ1n) is 12.6. The van der Waals surface area contributed by atoms with Crippen LogP contribution in [0.2, 0.25) is 0 Å². The number of ether oxygens (including phenoxy) is 2. The molecular weight excluding hydrogens is 496 g/mol. The molecule has 8 rings (SSSR count). The van der Waals surface area contributed by atoms with Gasteiger partial charge >= 0.3 is 0 Å². The van der Waals surface area contributed by atoms with E-state index >= 15 is 0 Å². The van der Waals surface area contributed by atoms with Crippen molar-refractivity contribution in [2.24, 2.45) is 5.92 Å². The van der Waals surface area contributed by atoms with Gasteiger partial charge in [-0.2, -0.15) is 5.10 Å². The SMILES string of the molecule is O=C(Nc1cncc(-c2ccc3[nH]nc(-c4nc5c(-c6ccc7c(c6)OCO7)cncc5[nH]4)c3n2)c1)C1CC1. The molecule has 6 heterocycles. The molecule has 1 aliphatic carbocycles. The van der Waals surface area contributed by atoms with Crippen LogP contribution < -0.4 is 14.8 Å². The third kappa shape index (κ3) is 3.74. The number of carbonyl (C=O) groups excluding carboxylic acids is 1. The van der Waals surface area contributed by atoms with Crippen molar-refractivity contribution in [3.8, 4) is 45.4 Å². The molecule has 3 N–H and O–H groups in total. The molecule has 1 fully saturated rings. The highest BCUT2D eigenvalue weighted by atomic mass is 16.7. The molecule has 1 amide bonds. The summed E-state index contributed by atoms with van der Waals surface area (Å²) in [4.78, 5) is 34.1. The number of fused-ring (bicyclic) bond motifs is 3. The Bertz CT molecular complexity index is 1920. The zero-order chi connectivity index (χ0) is 25.9. The Kier molecular flexibility index (Phi) is 4.65. The minimum atomic E-state index is 0.0361. The summed E-state index contributed by atoms with van der Waals surface area (Å²) in [6.07, 6.45) is 8.78. The highest BCUT2D eigenvalue weighted by Gasteiger charge is 2.29. The maximum atomic E-state index is 12.2. The van der Waals surface area contributed by atoms with Gasteiger partial charge in [0.05, 0.1) is 40.3 Å². The molecule has 1 saturated carbocycles. The number of rotatable bonds is 5. The van der Waals surface area contributed by atoms with Crippen LogP contribution in [0, 0.1) is 5.92 Å². The van der Waals surface area contributed by atoms with Gasteiger partial charge in [-0.15, -0.1) is 0 Å². The second-order valence-corrected chi connectivity index (χ2v) is 9.63. The fourth-order valence-corrected chi connectivity index (χ4v) is 4.78. The molecule has 190 valence electrons. The largest absolute Gasteiger partial charge is 0.454 e. The topological polar surface area (TPSA) is 144 Å². The second-order valence-electron chi connectivity index (χ2n) is 9.63. The van der Waals surface area contributed by atoms with E-state index in [1.165, 1.54) is 0 Å². The Balaban J connectivity index is 1.18. The van der Waals surface area contributed by atoms with Crippen LogP contribution in [-0.2, 0) is 4.79 Å². The molecule has 0 saturated heterocycles. The molecule has 0 spiro atoms. The molecule has 0 radical (unpaired) electrons. The third-order valence-corrected chi connectivity index (χ3v) is 6.96. The van der Waals surface area contributed by atoms with E-state index in [9.17, 15) is 4.79 Å². The average molecular weight is 517 g/mol. The van der Waals surface area contributed by atoms with Crippen LogP contribution in [0.25, 0.3) is 56.0 Å². The summed E-state index contributed by atoms with van der Waals surface area (Å²) >= 11 is 0. The lowest BCUT2D eigenvalue weighted by Crippen LogP contribution is -2.13. The summed E-state index contributed by atoms with van der Waals surface area (Å²) in [5.74, 6) is 2.13. The fraction of sp³-hybridized carbons (Fsp3) is 0.143. The quantitative estimate of drug-likeness (QED) is 0.299. The van der Waals surface area contributed by atoms with Gasteiger partial charge in [-0.3, -0.25) is 19.9 Å². The van der Waals surface area contributed by atoms with Crippen molar-refractivity contribution in [3.05, 3.63) is 61.2 Å². The monoisotopic (exact) mass is 516 g/mol. The van der Waals surface area contributed by atoms with Gasteiger partial charge in [-0.25, -0.2) is 9.97 Å². The van der Waals surface area contributed by atoms with Gasteiger partial charge in [0, 0.05) is 29.4 Å². The van der Waals surface area contributed by atoms with Crippen molar-refractivity contribution in [1.82, 2.24) is 35.1 Å². The number of imidazole rings is 1. The van der Waals surface area contributed by atoms with Crippen molar-refractivity contribution in [1.29, 1.82) is 0 Å². The molecule has 39 heavy (non-hydrogen) atoms. The molecular formula is C28H20N8O3. The Morgan fingerprint density at radius 3 is 2.69 bits per heavy atom. The highest BCUT2D eigenvalue weighted by Crippen LogP contribution is 2.38. The lowest BCUT2D eigenvalue weighted by molar-refractivity contribution is -0.117. The van der Waals surface area contributed by atoms with Gasteiger partial charge in [0.15, 0.2) is 23.0 Å². The number of aromatic nitrogens is 7. The molecule has 6 aromatic rings. The summed E-state index contributed by atoms with van der Waals surface area (Å²) in [5.41, 5.74) is 7.49. The van der Waals surface area contributed by atoms with Crippen molar-refractivity contribution < 1.29 is 14.3 Å². The number of anilines is 1. The van der Waals surface area contributed by atoms with Crippen LogP contribution in [0.5, 0.6) is 11.5 Å². The van der Waals surface area contributed by atoms with Gasteiger partial charge in [0.2, 0.25) is 12.7 Å². The fourth-order valence-electron chi connectivity index (χ4n) is 4.78. The zero-order valence-electron chi connectivity index (χ0n) is 20.4. The standard InChI is InChI=1S/C28H20N8O3/c37-28(14-1-2-14)31-17-7-16(9-29-10-17)19-4-5-20-25(32-19)26(36-35-20)27-33-21-12-30-11-18(24(21)34-27)15-3-6-22-23(8-15)39-13-38-22/h3-12,14H,1-2,13H2,(H,31,37)(H,33,34)(H,35,36). The van der Waals surface area contributed by atoms with E-state index in [-0.39, 0.29) is 18.6 Å². The number of hydrogen-bond donors (Lipinski definition) is 3. The number of aromatic amines is 2. The van der Waals surface area contributed by atoms with Crippen molar-refractivity contribution >= 4 is 33.7 Å². The second kappa shape index (κ2) is 8.35. The van der Waals surface area contributed by atoms with Gasteiger partial charge < -0.3 is 19.8 Å². The van der Waals surface area contributed by atoms with Gasteiger partial charge in [0.1, 0.15) is 5.52 Å². The normalized spacial score (nSPS) is 14.3. The number of hydrogen-bond acceptors (Lipinski definition) is 8. The number of pyridine rings is 3. The van der Waals surface area contributed by atoms with E-state index in [4.69, 9.17) is 19.4 Å². The summed E-state index contributed by atoms with van der Waals surface area (Å²) in [6, 6.07) is 11.5. The molecule has 1 aromatic carbocycles. The van der Waals surface area contributed by atoms with Crippen LogP contribution in [0.3, 0.4) is 0 Å². The molecule has 11 nitrogen and oxygen atoms in total. The van der Waals surface area contributed by atoms with Crippen LogP contribution >= 0.6 is 0 Å². The number of amides is 1. The van der Waals surface area contributed by atoms with Crippen LogP contribution in [0.4, 0.5) is 5.69 Å². The Morgan fingerprint density at radius 1 is 0.872 bits per heavy atom. The van der Waals surface area contributed by atoms with Gasteiger partial charge in [-0.1, -0.05) is 6.07 Å². The molecule has 2 aliphatic rings. The number of benzene rings is 1. The average Bonchev–Trinajstić information content (AvgIpc) is 3.36. The van der Waals surface area contributed by atoms with E-state index < -0.39 is 0 Å². The van der Waals surface area contributed by atoms with E-state index in [0.29, 0.717) is 34.2 Å². The first-order chi connectivity index (χ1) is 19.2. The highest BCUT2D eigenvalue weighted by molar-refractivity contribution is 5.97. The number of H-pyrrole nitrogens is 2. The zero-order valence-corrected chi connectivity index (χ0v) is 20.4. The number of carbonyl (C=O) groups is 1. The lowest BCUT2D eigenvalue weighted by atomic mass is 10.1. The first-order valence-corrected chi connectivity index (χ1v) is 12.6. The Morgan fingerprint density at radius 2 is 1.77 bits per heavy atom. The van der Waals surface area contributed by atoms with Crippen molar-refractivity contribution in [3.63, 3.8) is 0 Å². The van der Waals surface area contributed by atoms with Crippen molar-refractivity contribution in [2.75, 3.05) is 12.1 Å². The van der Waals surface area contributed by atoms with Gasteiger partial charge in [0.25, 0.3) is 0 Å². The predicted octanol–water partition coefficient (Wildman–Crippen LogP) is 4.70. The van der Waals surface area contributed by atoms with E-state index in [0.717, 1.165) is 51.8 Å². The lowest BCUT2D eigenvalue weighted by Gasteiger charge is -2.06. The van der Waals surface area contributed by atoms with Crippen LogP contribution in [0.1, 0.15) is 12.8 Å². The van der Waals surface area contributed by atoms with E-state index in [1.807, 2.05) is 36.4 Å². The molecule has 0 unspecified atom stereocenters. The van der Waals surface area contributed by atoms with Crippen molar-refractivity contribution in [2.45, 2.75) is 12.8 Å². The molecule has 0 atom stereocenters. The molecule has 1 aliphatic heterocycles. The Labute approximate surface area is 220 Å². The third-order valence-electron chi connectivity index (χ3n) is 6.96. The summed E-state index contributed by atoms with van der Waals surface area (Å²) in [7, 11) is 0. The summed E-state index contributed by atoms with van der Waals surface area (Å²) < 4.78 is 11.0. The number of nitrogens with zero attached hydrogens (tertiary/aromatic N) is 5. The molecule has 0 bridgehead atoms. The first kappa shape index (κ1) is 21.7. The van der Waals surface area contributed by atoms with Crippen LogP contribution in [0.15, 0.2) is 61.2 Å². The minimum absolute atomic E-state index is 0.0361. The summed E-state index contributed by atoms with van der Waals surface area (Å²) in [6.45, 7) is 0.213. The number of nitrogens with one attached hydrogen (secondary N) is 3. The molecule has 11 heteroatoms. The maximum absolute atomic E-state index is 12.2. The minimum Gasteiger partial charge on any atom is -0.454 e. The predicted molar refractivity (Wildman–Crippen MR) is 143 cm³/mol.